The smallest absolute Gasteiger partial charge is 0.451 e. The summed E-state index contributed by atoms with van der Waals surface area (Å²) in [6.45, 7) is 2.34. The van der Waals surface area contributed by atoms with Gasteiger partial charge in [-0.1, -0.05) is 6.42 Å². The number of rotatable bonds is 10. The molecule has 3 atom stereocenters. The third kappa shape index (κ3) is 5.63. The topological polar surface area (TPSA) is 209 Å². The fraction of sp³-hybridized carbons (Fsp3) is 0.812. The number of carbonyl (C=O) groups is 2. The van der Waals surface area contributed by atoms with Gasteiger partial charge in [-0.05, 0) is 39.4 Å². The van der Waals surface area contributed by atoms with Crippen LogP contribution < -0.4 is 16.2 Å². The molecule has 170 valence electrons. The Morgan fingerprint density at radius 3 is 2.43 bits per heavy atom. The Morgan fingerprint density at radius 2 is 1.93 bits per heavy atom. The van der Waals surface area contributed by atoms with Crippen LogP contribution in [0.15, 0.2) is 4.99 Å². The Bertz CT molecular complexity index is 817. The largest absolute Gasteiger partial charge is 0.477 e. The van der Waals surface area contributed by atoms with Crippen molar-refractivity contribution in [1.29, 1.82) is 0 Å². The first-order valence-electron chi connectivity index (χ1n) is 9.75. The molecular formula is C16H30BN5O7S. The summed E-state index contributed by atoms with van der Waals surface area (Å²) in [6, 6.07) is -0.513. The lowest BCUT2D eigenvalue weighted by molar-refractivity contribution is -0.130. The third-order valence-electron chi connectivity index (χ3n) is 5.94. The number of carbonyl (C=O) groups excluding carboxylic acids is 1. The number of nitrogens with zero attached hydrogens (tertiary/aromatic N) is 2. The van der Waals surface area contributed by atoms with Gasteiger partial charge in [0.05, 0.1) is 0 Å². The molecule has 30 heavy (non-hydrogen) atoms. The number of carboxylic acid groups (broad SMARTS) is 1. The molecule has 1 amide bonds. The minimum Gasteiger partial charge on any atom is -0.477 e. The van der Waals surface area contributed by atoms with Gasteiger partial charge in [0, 0.05) is 30.6 Å². The fourth-order valence-corrected chi connectivity index (χ4v) is 5.10. The highest BCUT2D eigenvalue weighted by Gasteiger charge is 2.53. The van der Waals surface area contributed by atoms with E-state index < -0.39 is 58.0 Å². The van der Waals surface area contributed by atoms with Crippen molar-refractivity contribution in [2.45, 2.75) is 63.0 Å². The number of aliphatic carboxylic acids is 1. The highest BCUT2D eigenvalue weighted by molar-refractivity contribution is 7.87. The van der Waals surface area contributed by atoms with E-state index in [1.807, 2.05) is 0 Å². The number of hydrogen-bond acceptors (Lipinski definition) is 8. The van der Waals surface area contributed by atoms with Crippen LogP contribution in [0.2, 0.25) is 6.32 Å². The van der Waals surface area contributed by atoms with Crippen molar-refractivity contribution in [3.63, 3.8) is 0 Å². The van der Waals surface area contributed by atoms with E-state index in [0.717, 1.165) is 11.2 Å². The molecule has 0 radical (unpaired) electrons. The highest BCUT2D eigenvalue weighted by Crippen LogP contribution is 2.37. The van der Waals surface area contributed by atoms with E-state index in [4.69, 9.17) is 26.6 Å². The Hall–Kier alpha value is -1.42. The van der Waals surface area contributed by atoms with E-state index in [0.29, 0.717) is 12.8 Å². The number of aliphatic imine (C=N–C) groups is 1. The Morgan fingerprint density at radius 1 is 1.33 bits per heavy atom. The molecule has 1 aliphatic carbocycles. The molecule has 1 heterocycles. The SMILES string of the molecule is CC(=NC(=O)[C@]1(N)CN(S(=O)(=O)NC(C)C2(N)CC2)C[C@@H]1CCCB(O)O)C(=O)O. The second-order valence-electron chi connectivity index (χ2n) is 8.33. The van der Waals surface area contributed by atoms with Crippen molar-refractivity contribution >= 4 is 34.9 Å². The second kappa shape index (κ2) is 8.98. The van der Waals surface area contributed by atoms with Crippen LogP contribution in [0.3, 0.4) is 0 Å². The quantitative estimate of drug-likeness (QED) is 0.156. The normalized spacial score (nSPS) is 27.7. The van der Waals surface area contributed by atoms with E-state index >= 15 is 0 Å². The van der Waals surface area contributed by atoms with E-state index in [1.54, 1.807) is 6.92 Å². The molecule has 1 saturated carbocycles. The maximum Gasteiger partial charge on any atom is 0.451 e. The van der Waals surface area contributed by atoms with Gasteiger partial charge in [-0.15, -0.1) is 0 Å². The first kappa shape index (κ1) is 24.9. The lowest BCUT2D eigenvalue weighted by Gasteiger charge is -2.27. The molecule has 0 aromatic heterocycles. The van der Waals surface area contributed by atoms with Gasteiger partial charge in [0.25, 0.3) is 16.1 Å². The molecule has 0 spiro atoms. The summed E-state index contributed by atoms with van der Waals surface area (Å²) in [7, 11) is -5.56. The number of nitrogens with two attached hydrogens (primary N) is 2. The van der Waals surface area contributed by atoms with Crippen LogP contribution in [0.5, 0.6) is 0 Å². The molecule has 0 bridgehead atoms. The Kier molecular flexibility index (Phi) is 7.44. The standard InChI is InChI=1S/C16H30BN5O7S/c1-10(13(23)24)20-14(25)16(19)9-22(8-12(16)4-3-7-17(26)27)30(28,29)21-11(2)15(18)5-6-15/h11-12,21,26-27H,3-9,18-19H2,1-2H3,(H,23,24)/t11?,12-,16-/m0/s1. The predicted molar refractivity (Wildman–Crippen MR) is 110 cm³/mol. The number of amides is 1. The molecule has 1 unspecified atom stereocenters. The van der Waals surface area contributed by atoms with Gasteiger partial charge in [0.1, 0.15) is 11.3 Å². The average Bonchev–Trinajstić information content (AvgIpc) is 3.28. The van der Waals surface area contributed by atoms with Gasteiger partial charge in [0.2, 0.25) is 0 Å². The molecular weight excluding hydrogens is 417 g/mol. The van der Waals surface area contributed by atoms with Gasteiger partial charge in [0.15, 0.2) is 0 Å². The van der Waals surface area contributed by atoms with Gasteiger partial charge < -0.3 is 26.6 Å². The van der Waals surface area contributed by atoms with Crippen molar-refractivity contribution in [3.8, 4) is 0 Å². The lowest BCUT2D eigenvalue weighted by atomic mass is 9.78. The van der Waals surface area contributed by atoms with Crippen LogP contribution in [0, 0.1) is 5.92 Å². The number of carboxylic acids is 1. The molecule has 0 aromatic rings. The zero-order valence-corrected chi connectivity index (χ0v) is 17.9. The summed E-state index contributed by atoms with van der Waals surface area (Å²) in [5, 5.41) is 27.1. The zero-order valence-electron chi connectivity index (χ0n) is 17.1. The minimum absolute atomic E-state index is 0.0237. The van der Waals surface area contributed by atoms with Crippen molar-refractivity contribution in [3.05, 3.63) is 0 Å². The van der Waals surface area contributed by atoms with Crippen LogP contribution in [-0.4, -0.2) is 82.8 Å². The van der Waals surface area contributed by atoms with E-state index in [9.17, 15) is 18.0 Å². The summed E-state index contributed by atoms with van der Waals surface area (Å²) in [5.74, 6) is -3.00. The zero-order chi connectivity index (χ0) is 22.9. The summed E-state index contributed by atoms with van der Waals surface area (Å²) < 4.78 is 29.3. The molecule has 2 aliphatic rings. The van der Waals surface area contributed by atoms with Crippen LogP contribution in [0.1, 0.15) is 39.5 Å². The molecule has 12 nitrogen and oxygen atoms in total. The molecule has 14 heteroatoms. The van der Waals surface area contributed by atoms with Crippen LogP contribution in [-0.2, 0) is 19.8 Å². The number of nitrogens with one attached hydrogen (secondary N) is 1. The van der Waals surface area contributed by atoms with E-state index in [1.165, 1.54) is 0 Å². The van der Waals surface area contributed by atoms with Crippen molar-refractivity contribution in [1.82, 2.24) is 9.03 Å². The van der Waals surface area contributed by atoms with Crippen LogP contribution >= 0.6 is 0 Å². The van der Waals surface area contributed by atoms with Gasteiger partial charge in [-0.3, -0.25) is 4.79 Å². The molecule has 2 fully saturated rings. The van der Waals surface area contributed by atoms with Crippen LogP contribution in [0.25, 0.3) is 0 Å². The van der Waals surface area contributed by atoms with Crippen molar-refractivity contribution < 1.29 is 33.2 Å². The lowest BCUT2D eigenvalue weighted by Crippen LogP contribution is -2.56. The Labute approximate surface area is 176 Å². The maximum absolute atomic E-state index is 12.9. The van der Waals surface area contributed by atoms with Gasteiger partial charge >= 0.3 is 13.1 Å². The predicted octanol–water partition coefficient (Wildman–Crippen LogP) is -2.34. The highest BCUT2D eigenvalue weighted by atomic mass is 32.2. The Balaban J connectivity index is 2.23. The van der Waals surface area contributed by atoms with Gasteiger partial charge in [-0.25, -0.2) is 9.79 Å². The average molecular weight is 447 g/mol. The summed E-state index contributed by atoms with van der Waals surface area (Å²) in [6.07, 6.45) is 1.93. The molecule has 2 rings (SSSR count). The molecule has 1 saturated heterocycles. The molecule has 0 aromatic carbocycles. The number of hydrogen-bond donors (Lipinski definition) is 6. The van der Waals surface area contributed by atoms with Gasteiger partial charge in [-0.2, -0.15) is 17.4 Å². The van der Waals surface area contributed by atoms with Crippen LogP contribution in [0.4, 0.5) is 0 Å². The van der Waals surface area contributed by atoms with Crippen molar-refractivity contribution in [2.75, 3.05) is 13.1 Å². The summed E-state index contributed by atoms with van der Waals surface area (Å²) in [5.41, 5.74) is 9.56. The van der Waals surface area contributed by atoms with E-state index in [2.05, 4.69) is 9.71 Å². The van der Waals surface area contributed by atoms with Crippen molar-refractivity contribution in [2.24, 2.45) is 22.4 Å². The maximum atomic E-state index is 12.9. The molecule has 8 N–H and O–H groups in total. The fourth-order valence-electron chi connectivity index (χ4n) is 3.51. The summed E-state index contributed by atoms with van der Waals surface area (Å²) >= 11 is 0. The monoisotopic (exact) mass is 447 g/mol. The molecule has 1 aliphatic heterocycles. The summed E-state index contributed by atoms with van der Waals surface area (Å²) in [4.78, 5) is 27.3. The second-order valence-corrected chi connectivity index (χ2v) is 10.0. The third-order valence-corrected chi connectivity index (χ3v) is 7.55. The first-order valence-corrected chi connectivity index (χ1v) is 11.2. The van der Waals surface area contributed by atoms with E-state index in [-0.39, 0.29) is 32.3 Å². The minimum atomic E-state index is -4.02. The first-order chi connectivity index (χ1) is 13.7.